The molecule has 0 spiro atoms. The number of fused-ring (bicyclic) bond motifs is 1. The van der Waals surface area contributed by atoms with Crippen molar-refractivity contribution in [2.75, 3.05) is 16.8 Å². The summed E-state index contributed by atoms with van der Waals surface area (Å²) < 4.78 is 0. The maximum absolute atomic E-state index is 9.95. The van der Waals surface area contributed by atoms with Gasteiger partial charge in [0.15, 0.2) is 0 Å². The first-order valence-electron chi connectivity index (χ1n) is 7.10. The van der Waals surface area contributed by atoms with E-state index in [0.29, 0.717) is 17.2 Å². The molecular formula is C17H21NOS. The third-order valence-corrected chi connectivity index (χ3v) is 5.49. The van der Waals surface area contributed by atoms with Gasteiger partial charge in [-0.05, 0) is 29.7 Å². The van der Waals surface area contributed by atoms with Gasteiger partial charge < -0.3 is 10.4 Å². The molecule has 1 atom stereocenters. The van der Waals surface area contributed by atoms with E-state index in [1.807, 2.05) is 30.0 Å². The van der Waals surface area contributed by atoms with Crippen LogP contribution in [0.1, 0.15) is 20.3 Å². The third-order valence-electron chi connectivity index (χ3n) is 3.87. The number of thioether (sulfide) groups is 1. The zero-order chi connectivity index (χ0) is 14.2. The quantitative estimate of drug-likeness (QED) is 0.853. The Morgan fingerprint density at radius 3 is 2.70 bits per heavy atom. The topological polar surface area (TPSA) is 32.3 Å². The van der Waals surface area contributed by atoms with Crippen molar-refractivity contribution in [3.8, 4) is 5.75 Å². The first-order valence-corrected chi connectivity index (χ1v) is 8.26. The molecule has 0 amide bonds. The molecule has 106 valence electrons. The van der Waals surface area contributed by atoms with Crippen LogP contribution in [-0.4, -0.2) is 22.7 Å². The molecule has 20 heavy (non-hydrogen) atoms. The number of phenols is 1. The number of hydrogen-bond donors (Lipinski definition) is 2. The lowest BCUT2D eigenvalue weighted by Gasteiger charge is -2.35. The van der Waals surface area contributed by atoms with Crippen molar-refractivity contribution in [1.29, 1.82) is 0 Å². The van der Waals surface area contributed by atoms with Crippen molar-refractivity contribution in [3.05, 3.63) is 36.4 Å². The minimum absolute atomic E-state index is 0.351. The number of hydrogen-bond acceptors (Lipinski definition) is 3. The number of nitrogens with one attached hydrogen (secondary N) is 1. The second-order valence-corrected chi connectivity index (χ2v) is 7.43. The van der Waals surface area contributed by atoms with Crippen LogP contribution in [0.5, 0.6) is 5.75 Å². The first kappa shape index (κ1) is 13.6. The number of aromatic hydroxyl groups is 1. The summed E-state index contributed by atoms with van der Waals surface area (Å²) in [5.41, 5.74) is 1.52. The molecule has 1 unspecified atom stereocenters. The summed E-state index contributed by atoms with van der Waals surface area (Å²) in [7, 11) is 0. The van der Waals surface area contributed by atoms with Crippen LogP contribution in [-0.2, 0) is 0 Å². The van der Waals surface area contributed by atoms with Crippen LogP contribution in [0, 0.1) is 5.41 Å². The largest absolute Gasteiger partial charge is 0.507 e. The van der Waals surface area contributed by atoms with Crippen molar-refractivity contribution in [2.45, 2.75) is 26.3 Å². The van der Waals surface area contributed by atoms with Crippen molar-refractivity contribution in [2.24, 2.45) is 5.41 Å². The van der Waals surface area contributed by atoms with Crippen LogP contribution in [0.2, 0.25) is 0 Å². The SMILES string of the molecule is CC1(C)CSCC(Nc2cccc3c(O)cccc23)C1. The molecule has 0 bridgehead atoms. The van der Waals surface area contributed by atoms with E-state index in [0.717, 1.165) is 22.2 Å². The van der Waals surface area contributed by atoms with Gasteiger partial charge in [0.25, 0.3) is 0 Å². The number of phenolic OH excluding ortho intramolecular Hbond substituents is 1. The molecule has 3 rings (SSSR count). The van der Waals surface area contributed by atoms with Crippen LogP contribution in [0.25, 0.3) is 10.8 Å². The molecule has 1 heterocycles. The number of rotatable bonds is 2. The third kappa shape index (κ3) is 2.73. The van der Waals surface area contributed by atoms with E-state index >= 15 is 0 Å². The number of benzene rings is 2. The zero-order valence-electron chi connectivity index (χ0n) is 12.0. The smallest absolute Gasteiger partial charge is 0.123 e. The summed E-state index contributed by atoms with van der Waals surface area (Å²) in [5.74, 6) is 2.74. The minimum atomic E-state index is 0.351. The van der Waals surface area contributed by atoms with Gasteiger partial charge in [0.05, 0.1) is 0 Å². The highest BCUT2D eigenvalue weighted by molar-refractivity contribution is 7.99. The van der Waals surface area contributed by atoms with Crippen molar-refractivity contribution in [1.82, 2.24) is 0 Å². The maximum Gasteiger partial charge on any atom is 0.123 e. The summed E-state index contributed by atoms with van der Waals surface area (Å²) in [6.45, 7) is 4.67. The summed E-state index contributed by atoms with van der Waals surface area (Å²) in [6, 6.07) is 12.3. The Bertz CT molecular complexity index is 623. The Balaban J connectivity index is 1.89. The van der Waals surface area contributed by atoms with Crippen LogP contribution in [0.3, 0.4) is 0 Å². The molecule has 2 aromatic rings. The Kier molecular flexibility index (Phi) is 3.55. The molecule has 1 aliphatic rings. The van der Waals surface area contributed by atoms with E-state index in [2.05, 4.69) is 31.3 Å². The Hall–Kier alpha value is -1.35. The van der Waals surface area contributed by atoms with Gasteiger partial charge in [-0.1, -0.05) is 38.1 Å². The highest BCUT2D eigenvalue weighted by Gasteiger charge is 2.28. The summed E-state index contributed by atoms with van der Waals surface area (Å²) in [6.07, 6.45) is 1.19. The second-order valence-electron chi connectivity index (χ2n) is 6.40. The lowest BCUT2D eigenvalue weighted by Crippen LogP contribution is -2.35. The second kappa shape index (κ2) is 5.21. The van der Waals surface area contributed by atoms with E-state index in [-0.39, 0.29) is 0 Å². The van der Waals surface area contributed by atoms with Gasteiger partial charge in [0.1, 0.15) is 5.75 Å². The highest BCUT2D eigenvalue weighted by atomic mass is 32.2. The van der Waals surface area contributed by atoms with Crippen molar-refractivity contribution >= 4 is 28.2 Å². The molecule has 2 N–H and O–H groups in total. The molecule has 1 aliphatic heterocycles. The fraction of sp³-hybridized carbons (Fsp3) is 0.412. The molecule has 2 aromatic carbocycles. The van der Waals surface area contributed by atoms with Gasteiger partial charge in [-0.15, -0.1) is 0 Å². The molecule has 1 saturated heterocycles. The van der Waals surface area contributed by atoms with E-state index < -0.39 is 0 Å². The minimum Gasteiger partial charge on any atom is -0.507 e. The van der Waals surface area contributed by atoms with Gasteiger partial charge in [-0.25, -0.2) is 0 Å². The highest BCUT2D eigenvalue weighted by Crippen LogP contribution is 2.36. The summed E-state index contributed by atoms with van der Waals surface area (Å²) in [4.78, 5) is 0. The average molecular weight is 287 g/mol. The molecule has 0 saturated carbocycles. The Morgan fingerprint density at radius 1 is 1.15 bits per heavy atom. The van der Waals surface area contributed by atoms with Crippen LogP contribution < -0.4 is 5.32 Å². The van der Waals surface area contributed by atoms with Crippen molar-refractivity contribution < 1.29 is 5.11 Å². The molecular weight excluding hydrogens is 266 g/mol. The predicted molar refractivity (Wildman–Crippen MR) is 88.7 cm³/mol. The van der Waals surface area contributed by atoms with Crippen LogP contribution in [0.15, 0.2) is 36.4 Å². The van der Waals surface area contributed by atoms with E-state index in [9.17, 15) is 5.11 Å². The predicted octanol–water partition coefficient (Wildman–Crippen LogP) is 4.49. The average Bonchev–Trinajstić information content (AvgIpc) is 2.39. The van der Waals surface area contributed by atoms with E-state index in [1.165, 1.54) is 12.2 Å². The molecule has 3 heteroatoms. The van der Waals surface area contributed by atoms with Crippen LogP contribution in [0.4, 0.5) is 5.69 Å². The van der Waals surface area contributed by atoms with Crippen LogP contribution >= 0.6 is 11.8 Å². The summed E-state index contributed by atoms with van der Waals surface area (Å²) in [5, 5.41) is 15.6. The van der Waals surface area contributed by atoms with Crippen molar-refractivity contribution in [3.63, 3.8) is 0 Å². The van der Waals surface area contributed by atoms with Gasteiger partial charge in [0.2, 0.25) is 0 Å². The Labute approximate surface area is 124 Å². The molecule has 0 aliphatic carbocycles. The molecule has 0 aromatic heterocycles. The van der Waals surface area contributed by atoms with Gasteiger partial charge in [0, 0.05) is 28.3 Å². The fourth-order valence-electron chi connectivity index (χ4n) is 2.99. The molecule has 1 fully saturated rings. The monoisotopic (exact) mass is 287 g/mol. The van der Waals surface area contributed by atoms with E-state index in [4.69, 9.17) is 0 Å². The molecule has 0 radical (unpaired) electrons. The summed E-state index contributed by atoms with van der Waals surface area (Å²) >= 11 is 2.03. The van der Waals surface area contributed by atoms with Gasteiger partial charge in [-0.3, -0.25) is 0 Å². The maximum atomic E-state index is 9.95. The van der Waals surface area contributed by atoms with Gasteiger partial charge in [-0.2, -0.15) is 11.8 Å². The number of anilines is 1. The molecule has 2 nitrogen and oxygen atoms in total. The standard InChI is InChI=1S/C17H21NOS/c1-17(2)9-12(10-20-11-17)18-15-7-3-6-14-13(15)5-4-8-16(14)19/h3-8,12,18-19H,9-11H2,1-2H3. The lowest BCUT2D eigenvalue weighted by molar-refractivity contribution is 0.358. The lowest BCUT2D eigenvalue weighted by atomic mass is 9.87. The Morgan fingerprint density at radius 2 is 1.90 bits per heavy atom. The first-order chi connectivity index (χ1) is 9.55. The fourth-order valence-corrected chi connectivity index (χ4v) is 4.27. The zero-order valence-corrected chi connectivity index (χ0v) is 12.8. The van der Waals surface area contributed by atoms with Gasteiger partial charge >= 0.3 is 0 Å². The normalized spacial score (nSPS) is 21.8. The van der Waals surface area contributed by atoms with E-state index in [1.54, 1.807) is 6.07 Å².